The third kappa shape index (κ3) is 3.78. The Morgan fingerprint density at radius 3 is 2.52 bits per heavy atom. The topological polar surface area (TPSA) is 80.1 Å². The summed E-state index contributed by atoms with van der Waals surface area (Å²) in [6.07, 6.45) is 12.7. The normalized spacial score (nSPS) is 21.1. The van der Waals surface area contributed by atoms with Crippen LogP contribution >= 0.6 is 0 Å². The van der Waals surface area contributed by atoms with Crippen LogP contribution in [0.25, 0.3) is 5.82 Å². The van der Waals surface area contributed by atoms with Crippen LogP contribution in [0.3, 0.4) is 0 Å². The van der Waals surface area contributed by atoms with Crippen LogP contribution in [0, 0.1) is 5.41 Å². The molecular formula is C22H27N5O2. The highest BCUT2D eigenvalue weighted by Gasteiger charge is 2.45. The number of likely N-dealkylation sites (tertiary alicyclic amines) is 1. The summed E-state index contributed by atoms with van der Waals surface area (Å²) in [5.74, 6) is 1.05. The van der Waals surface area contributed by atoms with Gasteiger partial charge in [-0.1, -0.05) is 0 Å². The molecule has 7 nitrogen and oxygen atoms in total. The van der Waals surface area contributed by atoms with E-state index in [0.717, 1.165) is 25.9 Å². The number of carbonyl (C=O) groups is 2. The standard InChI is InChI=1S/C22H27N5O2/c1-15(21(29)26-10-8-22(6-7-22)9-11-26)25-20(28)17-4-5-19(23-12-17)27-14-18(13-24-27)16-2-3-16/h4-5,12-16H,2-3,6-11H2,1H3,(H,25,28)/t15-/m0/s1. The fourth-order valence-corrected chi connectivity index (χ4v) is 4.24. The van der Waals surface area contributed by atoms with Crippen molar-refractivity contribution in [2.24, 2.45) is 5.41 Å². The Labute approximate surface area is 170 Å². The molecule has 29 heavy (non-hydrogen) atoms. The molecule has 5 rings (SSSR count). The van der Waals surface area contributed by atoms with Gasteiger partial charge in [-0.25, -0.2) is 9.67 Å². The number of amides is 2. The first-order valence-electron chi connectivity index (χ1n) is 10.6. The van der Waals surface area contributed by atoms with Gasteiger partial charge in [-0.3, -0.25) is 9.59 Å². The third-order valence-corrected chi connectivity index (χ3v) is 6.71. The van der Waals surface area contributed by atoms with Crippen LogP contribution < -0.4 is 5.32 Å². The Morgan fingerprint density at radius 2 is 1.90 bits per heavy atom. The monoisotopic (exact) mass is 393 g/mol. The van der Waals surface area contributed by atoms with Crippen molar-refractivity contribution in [3.8, 4) is 5.82 Å². The van der Waals surface area contributed by atoms with Crippen molar-refractivity contribution in [3.05, 3.63) is 41.9 Å². The lowest BCUT2D eigenvalue weighted by Gasteiger charge is -2.33. The van der Waals surface area contributed by atoms with E-state index in [2.05, 4.69) is 15.4 Å². The van der Waals surface area contributed by atoms with Crippen molar-refractivity contribution in [1.29, 1.82) is 0 Å². The van der Waals surface area contributed by atoms with E-state index in [-0.39, 0.29) is 11.8 Å². The maximum Gasteiger partial charge on any atom is 0.253 e. The minimum atomic E-state index is -0.539. The SMILES string of the molecule is C[C@H](NC(=O)c1ccc(-n2cc(C3CC3)cn2)nc1)C(=O)N1CCC2(CC1)CC2. The molecule has 3 heterocycles. The highest BCUT2D eigenvalue weighted by Crippen LogP contribution is 2.53. The number of carbonyl (C=O) groups excluding carboxylic acids is 2. The molecule has 1 aliphatic heterocycles. The second kappa shape index (κ2) is 6.97. The number of pyridine rings is 1. The predicted octanol–water partition coefficient (Wildman–Crippen LogP) is 2.67. The van der Waals surface area contributed by atoms with E-state index in [1.165, 1.54) is 37.4 Å². The Balaban J connectivity index is 1.18. The fourth-order valence-electron chi connectivity index (χ4n) is 4.24. The molecular weight excluding hydrogens is 366 g/mol. The summed E-state index contributed by atoms with van der Waals surface area (Å²) in [5.41, 5.74) is 2.22. The highest BCUT2D eigenvalue weighted by atomic mass is 16.2. The smallest absolute Gasteiger partial charge is 0.253 e. The van der Waals surface area contributed by atoms with E-state index in [1.807, 2.05) is 17.3 Å². The van der Waals surface area contributed by atoms with Gasteiger partial charge in [0.2, 0.25) is 5.91 Å². The molecule has 1 N–H and O–H groups in total. The highest BCUT2D eigenvalue weighted by molar-refractivity contribution is 5.97. The lowest BCUT2D eigenvalue weighted by molar-refractivity contribution is -0.134. The molecule has 0 aromatic carbocycles. The van der Waals surface area contributed by atoms with Gasteiger partial charge in [0.15, 0.2) is 5.82 Å². The summed E-state index contributed by atoms with van der Waals surface area (Å²) in [7, 11) is 0. The van der Waals surface area contributed by atoms with E-state index in [1.54, 1.807) is 23.7 Å². The van der Waals surface area contributed by atoms with Gasteiger partial charge in [0.05, 0.1) is 11.8 Å². The number of nitrogens with one attached hydrogen (secondary N) is 1. The minimum absolute atomic E-state index is 0.00239. The molecule has 2 amide bonds. The largest absolute Gasteiger partial charge is 0.341 e. The molecule has 152 valence electrons. The predicted molar refractivity (Wildman–Crippen MR) is 108 cm³/mol. The van der Waals surface area contributed by atoms with Crippen LogP contribution in [0.2, 0.25) is 0 Å². The Hall–Kier alpha value is -2.70. The molecule has 0 bridgehead atoms. The Bertz CT molecular complexity index is 917. The first-order chi connectivity index (χ1) is 14.0. The quantitative estimate of drug-likeness (QED) is 0.847. The number of hydrogen-bond donors (Lipinski definition) is 1. The number of piperidine rings is 1. The molecule has 2 aromatic heterocycles. The summed E-state index contributed by atoms with van der Waals surface area (Å²) in [5, 5.41) is 7.19. The van der Waals surface area contributed by atoms with E-state index < -0.39 is 6.04 Å². The van der Waals surface area contributed by atoms with Crippen molar-refractivity contribution in [2.45, 2.75) is 57.4 Å². The molecule has 3 aliphatic rings. The number of rotatable bonds is 5. The summed E-state index contributed by atoms with van der Waals surface area (Å²) in [4.78, 5) is 31.5. The first kappa shape index (κ1) is 18.3. The molecule has 1 saturated heterocycles. The van der Waals surface area contributed by atoms with E-state index in [9.17, 15) is 9.59 Å². The van der Waals surface area contributed by atoms with Gasteiger partial charge in [-0.2, -0.15) is 5.10 Å². The van der Waals surface area contributed by atoms with Crippen molar-refractivity contribution in [1.82, 2.24) is 25.0 Å². The van der Waals surface area contributed by atoms with Crippen molar-refractivity contribution >= 4 is 11.8 Å². The average Bonchev–Trinajstić information content (AvgIpc) is 3.68. The summed E-state index contributed by atoms with van der Waals surface area (Å²) < 4.78 is 1.74. The number of hydrogen-bond acceptors (Lipinski definition) is 4. The zero-order valence-electron chi connectivity index (χ0n) is 16.8. The maximum atomic E-state index is 12.7. The van der Waals surface area contributed by atoms with Crippen LogP contribution in [-0.2, 0) is 4.79 Å². The van der Waals surface area contributed by atoms with Gasteiger partial charge in [-0.15, -0.1) is 0 Å². The zero-order valence-corrected chi connectivity index (χ0v) is 16.8. The molecule has 0 radical (unpaired) electrons. The minimum Gasteiger partial charge on any atom is -0.341 e. The van der Waals surface area contributed by atoms with Gasteiger partial charge in [0, 0.05) is 25.5 Å². The van der Waals surface area contributed by atoms with Crippen LogP contribution in [0.4, 0.5) is 0 Å². The first-order valence-corrected chi connectivity index (χ1v) is 10.6. The second-order valence-corrected chi connectivity index (χ2v) is 8.92. The number of nitrogens with zero attached hydrogens (tertiary/aromatic N) is 4. The van der Waals surface area contributed by atoms with Gasteiger partial charge in [-0.05, 0) is 74.5 Å². The van der Waals surface area contributed by atoms with Crippen molar-refractivity contribution < 1.29 is 9.59 Å². The van der Waals surface area contributed by atoms with Crippen LogP contribution in [0.5, 0.6) is 0 Å². The number of aromatic nitrogens is 3. The second-order valence-electron chi connectivity index (χ2n) is 8.92. The van der Waals surface area contributed by atoms with Gasteiger partial charge in [0.25, 0.3) is 5.91 Å². The summed E-state index contributed by atoms with van der Waals surface area (Å²) >= 11 is 0. The molecule has 7 heteroatoms. The van der Waals surface area contributed by atoms with Crippen LogP contribution in [0.1, 0.15) is 67.3 Å². The zero-order chi connectivity index (χ0) is 20.0. The molecule has 3 fully saturated rings. The van der Waals surface area contributed by atoms with E-state index in [0.29, 0.717) is 22.7 Å². The van der Waals surface area contributed by atoms with Gasteiger partial charge in [0.1, 0.15) is 6.04 Å². The van der Waals surface area contributed by atoms with Crippen molar-refractivity contribution in [3.63, 3.8) is 0 Å². The maximum absolute atomic E-state index is 12.7. The van der Waals surface area contributed by atoms with Crippen molar-refractivity contribution in [2.75, 3.05) is 13.1 Å². The third-order valence-electron chi connectivity index (χ3n) is 6.71. The van der Waals surface area contributed by atoms with Gasteiger partial charge < -0.3 is 10.2 Å². The molecule has 2 aromatic rings. The summed E-state index contributed by atoms with van der Waals surface area (Å²) in [6, 6.07) is 2.97. The van der Waals surface area contributed by atoms with E-state index >= 15 is 0 Å². The lowest BCUT2D eigenvalue weighted by Crippen LogP contribution is -2.49. The molecule has 1 spiro atoms. The average molecular weight is 393 g/mol. The molecule has 2 aliphatic carbocycles. The van der Waals surface area contributed by atoms with E-state index in [4.69, 9.17) is 0 Å². The molecule has 0 unspecified atom stereocenters. The van der Waals surface area contributed by atoms with Crippen LogP contribution in [-0.4, -0.2) is 50.6 Å². The summed E-state index contributed by atoms with van der Waals surface area (Å²) in [6.45, 7) is 3.37. The van der Waals surface area contributed by atoms with Gasteiger partial charge >= 0.3 is 0 Å². The molecule has 1 atom stereocenters. The van der Waals surface area contributed by atoms with Crippen LogP contribution in [0.15, 0.2) is 30.7 Å². The fraction of sp³-hybridized carbons (Fsp3) is 0.545. The lowest BCUT2D eigenvalue weighted by atomic mass is 9.93. The Morgan fingerprint density at radius 1 is 1.14 bits per heavy atom. The Kier molecular flexibility index (Phi) is 4.41. The molecule has 2 saturated carbocycles.